The van der Waals surface area contributed by atoms with Crippen LogP contribution < -0.4 is 5.32 Å². The minimum absolute atomic E-state index is 0.0874. The first-order valence-corrected chi connectivity index (χ1v) is 8.74. The molecule has 2 atom stereocenters. The van der Waals surface area contributed by atoms with Crippen LogP contribution in [-0.2, 0) is 4.79 Å². The molecule has 1 aromatic carbocycles. The number of halogens is 1. The molecule has 0 aromatic heterocycles. The quantitative estimate of drug-likeness (QED) is 0.803. The Hall–Kier alpha value is -1.10. The highest BCUT2D eigenvalue weighted by molar-refractivity contribution is 6.30. The van der Waals surface area contributed by atoms with E-state index in [2.05, 4.69) is 24.1 Å². The summed E-state index contributed by atoms with van der Waals surface area (Å²) >= 11 is 5.82. The first kappa shape index (κ1) is 18.2. The van der Waals surface area contributed by atoms with Crippen LogP contribution in [0.4, 0.5) is 0 Å². The molecule has 0 aliphatic carbocycles. The van der Waals surface area contributed by atoms with Crippen molar-refractivity contribution in [1.82, 2.24) is 10.2 Å². The van der Waals surface area contributed by atoms with Crippen molar-refractivity contribution in [2.45, 2.75) is 32.8 Å². The van der Waals surface area contributed by atoms with Gasteiger partial charge in [0.05, 0.1) is 12.5 Å². The zero-order valence-electron chi connectivity index (χ0n) is 14.0. The van der Waals surface area contributed by atoms with E-state index in [9.17, 15) is 9.90 Å². The maximum atomic E-state index is 12.0. The third kappa shape index (κ3) is 6.13. The van der Waals surface area contributed by atoms with E-state index >= 15 is 0 Å². The van der Waals surface area contributed by atoms with Crippen molar-refractivity contribution in [3.8, 4) is 0 Å². The second-order valence-electron chi connectivity index (χ2n) is 6.88. The second kappa shape index (κ2) is 8.67. The summed E-state index contributed by atoms with van der Waals surface area (Å²) < 4.78 is 0. The number of hydrogen-bond acceptors (Lipinski definition) is 3. The van der Waals surface area contributed by atoms with Crippen molar-refractivity contribution in [3.05, 3.63) is 34.9 Å². The number of hydrogen-bond donors (Lipinski definition) is 2. The largest absolute Gasteiger partial charge is 0.388 e. The lowest BCUT2D eigenvalue weighted by Gasteiger charge is -2.18. The maximum Gasteiger partial charge on any atom is 0.222 e. The summed E-state index contributed by atoms with van der Waals surface area (Å²) in [5, 5.41) is 13.7. The maximum absolute atomic E-state index is 12.0. The molecular formula is C18H27ClN2O2. The number of aliphatic hydroxyl groups excluding tert-OH is 1. The number of nitrogens with zero attached hydrogens (tertiary/aromatic N) is 1. The highest BCUT2D eigenvalue weighted by Gasteiger charge is 2.23. The van der Waals surface area contributed by atoms with Gasteiger partial charge in [-0.2, -0.15) is 0 Å². The summed E-state index contributed by atoms with van der Waals surface area (Å²) in [6.07, 6.45) is 0.435. The highest BCUT2D eigenvalue weighted by Crippen LogP contribution is 2.20. The van der Waals surface area contributed by atoms with Crippen LogP contribution in [0.5, 0.6) is 0 Å². The minimum atomic E-state index is -0.784. The molecule has 1 amide bonds. The van der Waals surface area contributed by atoms with Gasteiger partial charge < -0.3 is 15.3 Å². The minimum Gasteiger partial charge on any atom is -0.388 e. The van der Waals surface area contributed by atoms with Crippen molar-refractivity contribution < 1.29 is 9.90 Å². The van der Waals surface area contributed by atoms with Gasteiger partial charge in [0.2, 0.25) is 5.91 Å². The van der Waals surface area contributed by atoms with Gasteiger partial charge in [-0.15, -0.1) is 0 Å². The van der Waals surface area contributed by atoms with Gasteiger partial charge in [-0.05, 0) is 42.5 Å². The number of benzene rings is 1. The van der Waals surface area contributed by atoms with Gasteiger partial charge >= 0.3 is 0 Å². The molecule has 0 saturated carbocycles. The van der Waals surface area contributed by atoms with Gasteiger partial charge in [-0.3, -0.25) is 4.79 Å². The summed E-state index contributed by atoms with van der Waals surface area (Å²) in [6, 6.07) is 6.95. The molecule has 128 valence electrons. The molecule has 1 aliphatic rings. The van der Waals surface area contributed by atoms with Gasteiger partial charge in [0.15, 0.2) is 0 Å². The van der Waals surface area contributed by atoms with E-state index in [0.29, 0.717) is 29.0 Å². The molecule has 1 fully saturated rings. The molecule has 1 heterocycles. The lowest BCUT2D eigenvalue weighted by Crippen LogP contribution is -2.32. The van der Waals surface area contributed by atoms with Gasteiger partial charge in [0.25, 0.3) is 0 Å². The third-order valence-corrected chi connectivity index (χ3v) is 4.47. The third-order valence-electron chi connectivity index (χ3n) is 4.21. The van der Waals surface area contributed by atoms with Crippen molar-refractivity contribution >= 4 is 17.5 Å². The normalized spacial score (nSPS) is 20.0. The van der Waals surface area contributed by atoms with Crippen LogP contribution in [0.25, 0.3) is 0 Å². The number of amides is 1. The van der Waals surface area contributed by atoms with Crippen LogP contribution in [-0.4, -0.2) is 42.1 Å². The first-order chi connectivity index (χ1) is 10.9. The molecule has 4 nitrogen and oxygen atoms in total. The Morgan fingerprint density at radius 1 is 1.39 bits per heavy atom. The van der Waals surface area contributed by atoms with E-state index < -0.39 is 6.10 Å². The van der Waals surface area contributed by atoms with Crippen LogP contribution in [0.3, 0.4) is 0 Å². The lowest BCUT2D eigenvalue weighted by molar-refractivity contribution is -0.123. The Morgan fingerprint density at radius 3 is 2.74 bits per heavy atom. The molecule has 1 saturated heterocycles. The summed E-state index contributed by atoms with van der Waals surface area (Å²) in [5.41, 5.74) is 0.716. The van der Waals surface area contributed by atoms with Crippen molar-refractivity contribution in [2.75, 3.05) is 26.2 Å². The molecule has 1 aromatic rings. The molecule has 1 aliphatic heterocycles. The molecule has 0 spiro atoms. The van der Waals surface area contributed by atoms with E-state index in [4.69, 9.17) is 11.6 Å². The second-order valence-corrected chi connectivity index (χ2v) is 7.32. The zero-order valence-corrected chi connectivity index (χ0v) is 14.7. The van der Waals surface area contributed by atoms with Gasteiger partial charge in [-0.1, -0.05) is 37.6 Å². The number of carbonyl (C=O) groups excluding carboxylic acids is 1. The smallest absolute Gasteiger partial charge is 0.222 e. The fraction of sp³-hybridized carbons (Fsp3) is 0.611. The first-order valence-electron chi connectivity index (χ1n) is 8.36. The molecule has 0 radical (unpaired) electrons. The standard InChI is InChI=1S/C18H27ClN2O2/c1-13(2)11-21-8-7-14(12-21)10-20-18(23)9-17(22)15-3-5-16(19)6-4-15/h3-6,13-14,17,22H,7-12H2,1-2H3,(H,20,23). The topological polar surface area (TPSA) is 52.6 Å². The van der Waals surface area contributed by atoms with Gasteiger partial charge in [-0.25, -0.2) is 0 Å². The van der Waals surface area contributed by atoms with Gasteiger partial charge in [0.1, 0.15) is 0 Å². The average molecular weight is 339 g/mol. The van der Waals surface area contributed by atoms with Crippen LogP contribution in [0.15, 0.2) is 24.3 Å². The predicted octanol–water partition coefficient (Wildman–Crippen LogP) is 2.86. The van der Waals surface area contributed by atoms with Crippen molar-refractivity contribution in [1.29, 1.82) is 0 Å². The molecule has 2 unspecified atom stereocenters. The summed E-state index contributed by atoms with van der Waals surface area (Å²) in [7, 11) is 0. The number of rotatable bonds is 7. The van der Waals surface area contributed by atoms with Crippen LogP contribution in [0.1, 0.15) is 38.4 Å². The Labute approximate surface area is 143 Å². The number of aliphatic hydroxyl groups is 1. The SMILES string of the molecule is CC(C)CN1CCC(CNC(=O)CC(O)c2ccc(Cl)cc2)C1. The van der Waals surface area contributed by atoms with Gasteiger partial charge in [0, 0.05) is 24.7 Å². The molecule has 2 N–H and O–H groups in total. The zero-order chi connectivity index (χ0) is 16.8. The Morgan fingerprint density at radius 2 is 2.09 bits per heavy atom. The summed E-state index contributed by atoms with van der Waals surface area (Å²) in [4.78, 5) is 14.5. The van der Waals surface area contributed by atoms with Crippen LogP contribution in [0.2, 0.25) is 5.02 Å². The Bertz CT molecular complexity index is 504. The van der Waals surface area contributed by atoms with Crippen LogP contribution >= 0.6 is 11.6 Å². The molecular weight excluding hydrogens is 312 g/mol. The monoisotopic (exact) mass is 338 g/mol. The Balaban J connectivity index is 1.70. The average Bonchev–Trinajstić information content (AvgIpc) is 2.92. The fourth-order valence-corrected chi connectivity index (χ4v) is 3.20. The van der Waals surface area contributed by atoms with E-state index in [1.54, 1.807) is 24.3 Å². The van der Waals surface area contributed by atoms with E-state index in [1.165, 1.54) is 0 Å². The number of carbonyl (C=O) groups is 1. The lowest BCUT2D eigenvalue weighted by atomic mass is 10.1. The predicted molar refractivity (Wildman–Crippen MR) is 93.4 cm³/mol. The Kier molecular flexibility index (Phi) is 6.88. The fourth-order valence-electron chi connectivity index (χ4n) is 3.07. The number of likely N-dealkylation sites (tertiary alicyclic amines) is 1. The molecule has 5 heteroatoms. The highest BCUT2D eigenvalue weighted by atomic mass is 35.5. The van der Waals surface area contributed by atoms with Crippen molar-refractivity contribution in [2.24, 2.45) is 11.8 Å². The molecule has 2 rings (SSSR count). The summed E-state index contributed by atoms with van der Waals surface area (Å²) in [6.45, 7) is 8.45. The summed E-state index contributed by atoms with van der Waals surface area (Å²) in [5.74, 6) is 1.10. The van der Waals surface area contributed by atoms with E-state index in [1.807, 2.05) is 0 Å². The molecule has 23 heavy (non-hydrogen) atoms. The van der Waals surface area contributed by atoms with Crippen molar-refractivity contribution in [3.63, 3.8) is 0 Å². The number of nitrogens with one attached hydrogen (secondary N) is 1. The van der Waals surface area contributed by atoms with E-state index in [0.717, 1.165) is 26.1 Å². The molecule has 0 bridgehead atoms. The van der Waals surface area contributed by atoms with E-state index in [-0.39, 0.29) is 12.3 Å². The van der Waals surface area contributed by atoms with Crippen LogP contribution in [0, 0.1) is 11.8 Å².